The monoisotopic (exact) mass is 230 g/mol. The normalized spacial score (nSPS) is 32.7. The molecule has 0 aromatic heterocycles. The Kier molecular flexibility index (Phi) is 2.85. The summed E-state index contributed by atoms with van der Waals surface area (Å²) < 4.78 is 0. The molecular formula is C14H18N2O. The van der Waals surface area contributed by atoms with Crippen LogP contribution in [0.1, 0.15) is 37.3 Å². The van der Waals surface area contributed by atoms with Crippen molar-refractivity contribution in [3.05, 3.63) is 35.9 Å². The first-order valence-corrected chi connectivity index (χ1v) is 6.46. The van der Waals surface area contributed by atoms with Crippen LogP contribution >= 0.6 is 0 Å². The van der Waals surface area contributed by atoms with Crippen LogP contribution in [-0.4, -0.2) is 5.91 Å². The van der Waals surface area contributed by atoms with Crippen molar-refractivity contribution in [3.63, 3.8) is 0 Å². The predicted molar refractivity (Wildman–Crippen MR) is 65.9 cm³/mol. The van der Waals surface area contributed by atoms with Crippen molar-refractivity contribution < 1.29 is 4.79 Å². The Morgan fingerprint density at radius 1 is 1.06 bits per heavy atom. The highest BCUT2D eigenvalue weighted by Crippen LogP contribution is 2.40. The summed E-state index contributed by atoms with van der Waals surface area (Å²) in [7, 11) is 0. The molecule has 3 rings (SSSR count). The highest BCUT2D eigenvalue weighted by atomic mass is 16.2. The Labute approximate surface area is 102 Å². The van der Waals surface area contributed by atoms with Gasteiger partial charge in [0.05, 0.1) is 6.04 Å². The van der Waals surface area contributed by atoms with Crippen molar-refractivity contribution >= 4 is 5.91 Å². The number of hydrazine groups is 1. The molecule has 3 heteroatoms. The molecule has 1 aliphatic carbocycles. The smallest absolute Gasteiger partial charge is 0.237 e. The third kappa shape index (κ3) is 1.95. The van der Waals surface area contributed by atoms with Gasteiger partial charge in [0.15, 0.2) is 0 Å². The van der Waals surface area contributed by atoms with E-state index in [0.717, 1.165) is 12.8 Å². The quantitative estimate of drug-likeness (QED) is 0.776. The number of amides is 1. The molecule has 90 valence electrons. The van der Waals surface area contributed by atoms with Gasteiger partial charge in [-0.05, 0) is 24.3 Å². The van der Waals surface area contributed by atoms with E-state index in [4.69, 9.17) is 0 Å². The predicted octanol–water partition coefficient (Wildman–Crippen LogP) is 2.17. The van der Waals surface area contributed by atoms with Gasteiger partial charge in [0, 0.05) is 5.92 Å². The van der Waals surface area contributed by atoms with Gasteiger partial charge < -0.3 is 0 Å². The summed E-state index contributed by atoms with van der Waals surface area (Å²) >= 11 is 0. The lowest BCUT2D eigenvalue weighted by molar-refractivity contribution is -0.133. The van der Waals surface area contributed by atoms with Crippen LogP contribution in [0.25, 0.3) is 0 Å². The minimum Gasteiger partial charge on any atom is -0.291 e. The maximum Gasteiger partial charge on any atom is 0.237 e. The third-order valence-corrected chi connectivity index (χ3v) is 4.09. The largest absolute Gasteiger partial charge is 0.291 e. The molecule has 0 radical (unpaired) electrons. The summed E-state index contributed by atoms with van der Waals surface area (Å²) in [5.41, 5.74) is 7.31. The van der Waals surface area contributed by atoms with Gasteiger partial charge in [-0.1, -0.05) is 43.2 Å². The second-order valence-corrected chi connectivity index (χ2v) is 5.08. The standard InChI is InChI=1S/C14H18N2O/c17-14-12-9-5-4-8-11(12)13(15-16-14)10-6-2-1-3-7-10/h1-3,6-7,11-13,15H,4-5,8-9H2,(H,16,17). The highest BCUT2D eigenvalue weighted by molar-refractivity contribution is 5.79. The summed E-state index contributed by atoms with van der Waals surface area (Å²) in [6.07, 6.45) is 4.64. The molecule has 2 N–H and O–H groups in total. The van der Waals surface area contributed by atoms with Crippen LogP contribution in [0.15, 0.2) is 30.3 Å². The van der Waals surface area contributed by atoms with E-state index in [-0.39, 0.29) is 17.9 Å². The molecule has 1 amide bonds. The van der Waals surface area contributed by atoms with E-state index in [0.29, 0.717) is 5.92 Å². The van der Waals surface area contributed by atoms with Crippen molar-refractivity contribution in [1.82, 2.24) is 10.9 Å². The van der Waals surface area contributed by atoms with Crippen LogP contribution in [0.3, 0.4) is 0 Å². The fourth-order valence-electron chi connectivity index (χ4n) is 3.22. The molecule has 1 aromatic rings. The molecule has 3 unspecified atom stereocenters. The molecular weight excluding hydrogens is 212 g/mol. The van der Waals surface area contributed by atoms with Gasteiger partial charge in [0.25, 0.3) is 0 Å². The van der Waals surface area contributed by atoms with E-state index in [1.165, 1.54) is 18.4 Å². The molecule has 1 aromatic carbocycles. The molecule has 2 aliphatic rings. The summed E-state index contributed by atoms with van der Waals surface area (Å²) in [6, 6.07) is 10.7. The minimum atomic E-state index is 0.182. The van der Waals surface area contributed by atoms with Crippen molar-refractivity contribution in [3.8, 4) is 0 Å². The third-order valence-electron chi connectivity index (χ3n) is 4.09. The van der Waals surface area contributed by atoms with E-state index < -0.39 is 0 Å². The lowest BCUT2D eigenvalue weighted by Gasteiger charge is -2.41. The molecule has 3 nitrogen and oxygen atoms in total. The average Bonchev–Trinajstić information content (AvgIpc) is 2.41. The van der Waals surface area contributed by atoms with Gasteiger partial charge in [-0.15, -0.1) is 0 Å². The van der Waals surface area contributed by atoms with E-state index in [2.05, 4.69) is 35.1 Å². The zero-order chi connectivity index (χ0) is 11.7. The number of nitrogens with one attached hydrogen (secondary N) is 2. The Morgan fingerprint density at radius 2 is 1.82 bits per heavy atom. The number of fused-ring (bicyclic) bond motifs is 1. The Balaban J connectivity index is 1.87. The van der Waals surface area contributed by atoms with Gasteiger partial charge in [-0.25, -0.2) is 5.43 Å². The van der Waals surface area contributed by atoms with Crippen molar-refractivity contribution in [1.29, 1.82) is 0 Å². The molecule has 1 heterocycles. The first-order chi connectivity index (χ1) is 8.36. The van der Waals surface area contributed by atoms with Gasteiger partial charge in [-0.3, -0.25) is 10.2 Å². The lowest BCUT2D eigenvalue weighted by Crippen LogP contribution is -2.55. The summed E-state index contributed by atoms with van der Waals surface area (Å²) in [5, 5.41) is 0. The van der Waals surface area contributed by atoms with Crippen LogP contribution in [0.2, 0.25) is 0 Å². The van der Waals surface area contributed by atoms with Crippen LogP contribution in [0.4, 0.5) is 0 Å². The Bertz CT molecular complexity index is 404. The Hall–Kier alpha value is -1.35. The Morgan fingerprint density at radius 3 is 2.65 bits per heavy atom. The number of carbonyl (C=O) groups is 1. The minimum absolute atomic E-state index is 0.182. The van der Waals surface area contributed by atoms with E-state index in [9.17, 15) is 4.79 Å². The topological polar surface area (TPSA) is 41.1 Å². The fourth-order valence-corrected chi connectivity index (χ4v) is 3.22. The van der Waals surface area contributed by atoms with E-state index in [1.54, 1.807) is 0 Å². The highest BCUT2D eigenvalue weighted by Gasteiger charge is 2.40. The van der Waals surface area contributed by atoms with Crippen molar-refractivity contribution in [2.75, 3.05) is 0 Å². The zero-order valence-corrected chi connectivity index (χ0v) is 9.86. The summed E-state index contributed by atoms with van der Waals surface area (Å²) in [6.45, 7) is 0. The van der Waals surface area contributed by atoms with Crippen molar-refractivity contribution in [2.45, 2.75) is 31.7 Å². The second kappa shape index (κ2) is 4.49. The van der Waals surface area contributed by atoms with Crippen LogP contribution in [-0.2, 0) is 4.79 Å². The lowest BCUT2D eigenvalue weighted by atomic mass is 9.72. The number of hydrogen-bond acceptors (Lipinski definition) is 2. The van der Waals surface area contributed by atoms with Gasteiger partial charge in [-0.2, -0.15) is 0 Å². The first kappa shape index (κ1) is 10.8. The van der Waals surface area contributed by atoms with Gasteiger partial charge in [0.1, 0.15) is 0 Å². The molecule has 0 bridgehead atoms. The average molecular weight is 230 g/mol. The van der Waals surface area contributed by atoms with E-state index in [1.807, 2.05) is 6.07 Å². The van der Waals surface area contributed by atoms with E-state index >= 15 is 0 Å². The first-order valence-electron chi connectivity index (χ1n) is 6.46. The van der Waals surface area contributed by atoms with Gasteiger partial charge >= 0.3 is 0 Å². The van der Waals surface area contributed by atoms with Crippen LogP contribution in [0.5, 0.6) is 0 Å². The second-order valence-electron chi connectivity index (χ2n) is 5.08. The van der Waals surface area contributed by atoms with Crippen LogP contribution < -0.4 is 10.9 Å². The van der Waals surface area contributed by atoms with Crippen molar-refractivity contribution in [2.24, 2.45) is 11.8 Å². The molecule has 17 heavy (non-hydrogen) atoms. The summed E-state index contributed by atoms with van der Waals surface area (Å²) in [4.78, 5) is 11.8. The van der Waals surface area contributed by atoms with Gasteiger partial charge in [0.2, 0.25) is 5.91 Å². The molecule has 1 aliphatic heterocycles. The number of rotatable bonds is 1. The molecule has 3 atom stereocenters. The summed E-state index contributed by atoms with van der Waals surface area (Å²) in [5.74, 6) is 0.844. The molecule has 2 fully saturated rings. The maximum absolute atomic E-state index is 11.8. The fraction of sp³-hybridized carbons (Fsp3) is 0.500. The molecule has 1 saturated carbocycles. The SMILES string of the molecule is O=C1NNC(c2ccccc2)C2CCCCC12. The number of benzene rings is 1. The molecule has 0 spiro atoms. The van der Waals surface area contributed by atoms with Crippen LogP contribution in [0, 0.1) is 11.8 Å². The number of carbonyl (C=O) groups excluding carboxylic acids is 1. The number of hydrogen-bond donors (Lipinski definition) is 2. The molecule has 1 saturated heterocycles. The maximum atomic E-state index is 11.8. The zero-order valence-electron chi connectivity index (χ0n) is 9.86.